The summed E-state index contributed by atoms with van der Waals surface area (Å²) in [5, 5.41) is 13.1. The van der Waals surface area contributed by atoms with Gasteiger partial charge in [-0.25, -0.2) is 0 Å². The van der Waals surface area contributed by atoms with Gasteiger partial charge in [0.05, 0.1) is 4.92 Å². The maximum absolute atomic E-state index is 10.8. The molecule has 5 nitrogen and oxygen atoms in total. The standard InChI is InChI=1S/C9H4Cl2N2O3S/c10-5-1-2-7(6(3-5)13(14)15)16-9-12-8(11)4-17-9/h1-4H. The Morgan fingerprint density at radius 3 is 2.76 bits per heavy atom. The van der Waals surface area contributed by atoms with Gasteiger partial charge in [-0.05, 0) is 12.1 Å². The van der Waals surface area contributed by atoms with Crippen molar-refractivity contribution in [3.63, 3.8) is 0 Å². The molecular formula is C9H4Cl2N2O3S. The third kappa shape index (κ3) is 2.85. The molecule has 0 amide bonds. The number of ether oxygens (including phenoxy) is 1. The van der Waals surface area contributed by atoms with Crippen molar-refractivity contribution < 1.29 is 9.66 Å². The van der Waals surface area contributed by atoms with E-state index >= 15 is 0 Å². The van der Waals surface area contributed by atoms with Crippen LogP contribution in [0.1, 0.15) is 0 Å². The summed E-state index contributed by atoms with van der Waals surface area (Å²) in [7, 11) is 0. The molecule has 0 aliphatic carbocycles. The van der Waals surface area contributed by atoms with Crippen LogP contribution in [0, 0.1) is 10.1 Å². The lowest BCUT2D eigenvalue weighted by Gasteiger charge is -2.02. The number of hydrogen-bond donors (Lipinski definition) is 0. The summed E-state index contributed by atoms with van der Waals surface area (Å²) in [4.78, 5) is 14.1. The van der Waals surface area contributed by atoms with Gasteiger partial charge in [0.15, 0.2) is 0 Å². The topological polar surface area (TPSA) is 65.3 Å². The first-order chi connectivity index (χ1) is 8.06. The van der Waals surface area contributed by atoms with Crippen molar-refractivity contribution in [3.8, 4) is 10.9 Å². The Morgan fingerprint density at radius 2 is 2.18 bits per heavy atom. The molecule has 0 N–H and O–H groups in total. The highest BCUT2D eigenvalue weighted by Crippen LogP contribution is 2.35. The third-order valence-electron chi connectivity index (χ3n) is 1.77. The van der Waals surface area contributed by atoms with Crippen LogP contribution in [0.3, 0.4) is 0 Å². The first-order valence-corrected chi connectivity index (χ1v) is 5.92. The number of thiazole rings is 1. The molecule has 0 radical (unpaired) electrons. The summed E-state index contributed by atoms with van der Waals surface area (Å²) in [6, 6.07) is 4.13. The van der Waals surface area contributed by atoms with E-state index in [4.69, 9.17) is 27.9 Å². The molecule has 0 saturated carbocycles. The van der Waals surface area contributed by atoms with Gasteiger partial charge in [0.1, 0.15) is 5.15 Å². The Labute approximate surface area is 110 Å². The van der Waals surface area contributed by atoms with Crippen molar-refractivity contribution in [2.24, 2.45) is 0 Å². The van der Waals surface area contributed by atoms with Gasteiger partial charge in [-0.3, -0.25) is 10.1 Å². The molecule has 2 aromatic rings. The lowest BCUT2D eigenvalue weighted by molar-refractivity contribution is -0.385. The van der Waals surface area contributed by atoms with E-state index in [1.54, 1.807) is 5.38 Å². The van der Waals surface area contributed by atoms with E-state index in [-0.39, 0.29) is 26.8 Å². The summed E-state index contributed by atoms with van der Waals surface area (Å²) in [6.45, 7) is 0. The Balaban J connectivity index is 2.35. The molecular weight excluding hydrogens is 287 g/mol. The fourth-order valence-electron chi connectivity index (χ4n) is 1.10. The zero-order valence-corrected chi connectivity index (χ0v) is 10.4. The Morgan fingerprint density at radius 1 is 1.41 bits per heavy atom. The highest BCUT2D eigenvalue weighted by atomic mass is 35.5. The summed E-state index contributed by atoms with van der Waals surface area (Å²) in [6.07, 6.45) is 0. The number of hydrogen-bond acceptors (Lipinski definition) is 5. The Kier molecular flexibility index (Phi) is 3.46. The van der Waals surface area contributed by atoms with Crippen molar-refractivity contribution >= 4 is 40.2 Å². The minimum atomic E-state index is -0.573. The third-order valence-corrected chi connectivity index (χ3v) is 3.05. The lowest BCUT2D eigenvalue weighted by Crippen LogP contribution is -1.93. The summed E-state index contributed by atoms with van der Waals surface area (Å²) in [5.41, 5.74) is -0.219. The van der Waals surface area contributed by atoms with E-state index in [9.17, 15) is 10.1 Å². The molecule has 0 spiro atoms. The maximum Gasteiger partial charge on any atom is 0.313 e. The number of aromatic nitrogens is 1. The van der Waals surface area contributed by atoms with Crippen LogP contribution in [0.5, 0.6) is 10.9 Å². The van der Waals surface area contributed by atoms with Crippen molar-refractivity contribution in [2.75, 3.05) is 0 Å². The van der Waals surface area contributed by atoms with Crippen LogP contribution >= 0.6 is 34.5 Å². The van der Waals surface area contributed by atoms with Crippen molar-refractivity contribution in [2.45, 2.75) is 0 Å². The van der Waals surface area contributed by atoms with Crippen LogP contribution in [0.4, 0.5) is 5.69 Å². The molecule has 0 bridgehead atoms. The van der Waals surface area contributed by atoms with Crippen LogP contribution in [-0.4, -0.2) is 9.91 Å². The number of nitrogens with zero attached hydrogens (tertiary/aromatic N) is 2. The molecule has 0 fully saturated rings. The first kappa shape index (κ1) is 12.1. The molecule has 8 heteroatoms. The van der Waals surface area contributed by atoms with Crippen molar-refractivity contribution in [1.82, 2.24) is 4.98 Å². The quantitative estimate of drug-likeness (QED) is 0.629. The molecule has 1 aromatic carbocycles. The number of benzene rings is 1. The van der Waals surface area contributed by atoms with Crippen molar-refractivity contribution in [3.05, 3.63) is 43.9 Å². The van der Waals surface area contributed by atoms with Crippen LogP contribution in [0.15, 0.2) is 23.6 Å². The van der Waals surface area contributed by atoms with E-state index in [1.807, 2.05) is 0 Å². The highest BCUT2D eigenvalue weighted by Gasteiger charge is 2.17. The minimum absolute atomic E-state index is 0.0745. The molecule has 88 valence electrons. The van der Waals surface area contributed by atoms with Gasteiger partial charge in [-0.1, -0.05) is 34.5 Å². The average molecular weight is 291 g/mol. The summed E-state index contributed by atoms with van der Waals surface area (Å²) >= 11 is 12.4. The predicted octanol–water partition coefficient (Wildman–Crippen LogP) is 4.15. The second kappa shape index (κ2) is 4.87. The average Bonchev–Trinajstić information content (AvgIpc) is 2.66. The van der Waals surface area contributed by atoms with Crippen molar-refractivity contribution in [1.29, 1.82) is 0 Å². The minimum Gasteiger partial charge on any atom is -0.423 e. The molecule has 0 saturated heterocycles. The van der Waals surface area contributed by atoms with Gasteiger partial charge in [-0.15, -0.1) is 0 Å². The highest BCUT2D eigenvalue weighted by molar-refractivity contribution is 7.11. The summed E-state index contributed by atoms with van der Waals surface area (Å²) in [5.74, 6) is 0.0745. The van der Waals surface area contributed by atoms with Gasteiger partial charge in [0.25, 0.3) is 5.19 Å². The predicted molar refractivity (Wildman–Crippen MR) is 65.3 cm³/mol. The SMILES string of the molecule is O=[N+]([O-])c1cc(Cl)ccc1Oc1nc(Cl)cs1. The van der Waals surface area contributed by atoms with Gasteiger partial charge in [0, 0.05) is 16.5 Å². The van der Waals surface area contributed by atoms with Crippen LogP contribution in [0.25, 0.3) is 0 Å². The first-order valence-electron chi connectivity index (χ1n) is 4.29. The molecule has 0 aliphatic rings. The number of nitro benzene ring substituents is 1. The van der Waals surface area contributed by atoms with Gasteiger partial charge in [-0.2, -0.15) is 4.98 Å². The number of halogens is 2. The van der Waals surface area contributed by atoms with E-state index in [0.29, 0.717) is 0 Å². The number of rotatable bonds is 3. The zero-order valence-electron chi connectivity index (χ0n) is 8.09. The second-order valence-electron chi connectivity index (χ2n) is 2.91. The zero-order chi connectivity index (χ0) is 12.4. The van der Waals surface area contributed by atoms with Crippen LogP contribution in [-0.2, 0) is 0 Å². The Bertz CT molecular complexity index is 573. The van der Waals surface area contributed by atoms with E-state index in [2.05, 4.69) is 4.98 Å². The molecule has 2 rings (SSSR count). The second-order valence-corrected chi connectivity index (χ2v) is 4.55. The monoisotopic (exact) mass is 290 g/mol. The largest absolute Gasteiger partial charge is 0.423 e. The van der Waals surface area contributed by atoms with E-state index in [0.717, 1.165) is 11.3 Å². The van der Waals surface area contributed by atoms with Gasteiger partial charge in [0.2, 0.25) is 5.75 Å². The van der Waals surface area contributed by atoms with E-state index in [1.165, 1.54) is 18.2 Å². The summed E-state index contributed by atoms with van der Waals surface area (Å²) < 4.78 is 5.27. The maximum atomic E-state index is 10.8. The molecule has 17 heavy (non-hydrogen) atoms. The van der Waals surface area contributed by atoms with Gasteiger partial charge < -0.3 is 4.74 Å². The van der Waals surface area contributed by atoms with Crippen LogP contribution in [0.2, 0.25) is 10.2 Å². The fraction of sp³-hybridized carbons (Fsp3) is 0. The fourth-order valence-corrected chi connectivity index (χ4v) is 2.07. The van der Waals surface area contributed by atoms with E-state index < -0.39 is 4.92 Å². The Hall–Kier alpha value is -1.37. The normalized spacial score (nSPS) is 10.2. The molecule has 0 aliphatic heterocycles. The molecule has 0 atom stereocenters. The number of nitro groups is 1. The molecule has 1 aromatic heterocycles. The lowest BCUT2D eigenvalue weighted by atomic mass is 10.3. The molecule has 1 heterocycles. The van der Waals surface area contributed by atoms with Gasteiger partial charge >= 0.3 is 5.69 Å². The van der Waals surface area contributed by atoms with Crippen LogP contribution < -0.4 is 4.74 Å². The molecule has 0 unspecified atom stereocenters. The smallest absolute Gasteiger partial charge is 0.313 e.